The molecule has 0 spiro atoms. The highest BCUT2D eigenvalue weighted by Gasteiger charge is 2.35. The van der Waals surface area contributed by atoms with Gasteiger partial charge in [-0.15, -0.1) is 0 Å². The molecule has 0 heterocycles. The average Bonchev–Trinajstić information content (AvgIpc) is 2.44. The summed E-state index contributed by atoms with van der Waals surface area (Å²) < 4.78 is 38.6. The number of nitrogens with two attached hydrogens (primary N) is 1. The van der Waals surface area contributed by atoms with Crippen LogP contribution in [0.4, 0.5) is 18.9 Å². The van der Waals surface area contributed by atoms with E-state index in [0.717, 1.165) is 12.1 Å². The van der Waals surface area contributed by atoms with E-state index in [2.05, 4.69) is 0 Å². The van der Waals surface area contributed by atoms with Crippen LogP contribution in [0.25, 0.3) is 0 Å². The van der Waals surface area contributed by atoms with Gasteiger partial charge in [0.15, 0.2) is 0 Å². The zero-order valence-electron chi connectivity index (χ0n) is 11.5. The first-order chi connectivity index (χ1) is 9.72. The number of nitrogens with zero attached hydrogens (tertiary/aromatic N) is 2. The fraction of sp³-hybridized carbons (Fsp3) is 0.385. The third-order valence-corrected chi connectivity index (χ3v) is 2.86. The van der Waals surface area contributed by atoms with Gasteiger partial charge in [0.1, 0.15) is 0 Å². The quantitative estimate of drug-likeness (QED) is 0.660. The lowest BCUT2D eigenvalue weighted by Crippen LogP contribution is -2.32. The van der Waals surface area contributed by atoms with Crippen molar-refractivity contribution < 1.29 is 18.0 Å². The lowest BCUT2D eigenvalue weighted by molar-refractivity contribution is -0.137. The highest BCUT2D eigenvalue weighted by molar-refractivity contribution is 6.00. The van der Waals surface area contributed by atoms with Crippen molar-refractivity contribution in [2.45, 2.75) is 13.1 Å². The lowest BCUT2D eigenvalue weighted by atomic mass is 10.1. The zero-order chi connectivity index (χ0) is 16.2. The van der Waals surface area contributed by atoms with E-state index < -0.39 is 29.3 Å². The van der Waals surface area contributed by atoms with Gasteiger partial charge >= 0.3 is 6.18 Å². The molecule has 114 valence electrons. The summed E-state index contributed by atoms with van der Waals surface area (Å²) in [6, 6.07) is 5.18. The second-order valence-electron chi connectivity index (χ2n) is 4.59. The van der Waals surface area contributed by atoms with Gasteiger partial charge in [-0.2, -0.15) is 18.4 Å². The van der Waals surface area contributed by atoms with Crippen molar-refractivity contribution in [1.82, 2.24) is 4.90 Å². The average molecular weight is 300 g/mol. The van der Waals surface area contributed by atoms with E-state index in [9.17, 15) is 18.0 Å². The van der Waals surface area contributed by atoms with Crippen LogP contribution in [0.5, 0.6) is 0 Å². The minimum absolute atomic E-state index is 0.107. The smallest absolute Gasteiger partial charge is 0.340 e. The Balaban J connectivity index is 3.19. The van der Waals surface area contributed by atoms with Gasteiger partial charge in [-0.1, -0.05) is 6.07 Å². The van der Waals surface area contributed by atoms with Crippen LogP contribution in [-0.2, 0) is 6.18 Å². The molecule has 1 rings (SSSR count). The monoisotopic (exact) mass is 300 g/mol. The van der Waals surface area contributed by atoms with Gasteiger partial charge in [0.2, 0.25) is 0 Å². The molecule has 0 saturated heterocycles. The molecule has 1 amide bonds. The highest BCUT2D eigenvalue weighted by Crippen LogP contribution is 2.36. The van der Waals surface area contributed by atoms with Crippen molar-refractivity contribution in [2.75, 3.05) is 19.0 Å². The molecule has 1 unspecified atom stereocenters. The number of halogens is 3. The number of carbonyl (C=O) groups is 1. The van der Waals surface area contributed by atoms with Crippen LogP contribution in [0.3, 0.4) is 0 Å². The number of amides is 1. The molecule has 0 aliphatic carbocycles. The van der Waals surface area contributed by atoms with Crippen molar-refractivity contribution in [1.29, 1.82) is 5.26 Å². The maximum Gasteiger partial charge on any atom is 0.418 e. The van der Waals surface area contributed by atoms with Crippen LogP contribution in [0.1, 0.15) is 22.8 Å². The first-order valence-electron chi connectivity index (χ1n) is 6.04. The molecule has 1 aromatic rings. The molecule has 5 nitrogen and oxygen atoms in total. The summed E-state index contributed by atoms with van der Waals surface area (Å²) >= 11 is 0. The van der Waals surface area contributed by atoms with Gasteiger partial charge in [-0.3, -0.25) is 10.6 Å². The molecule has 1 aromatic carbocycles. The van der Waals surface area contributed by atoms with E-state index in [1.165, 1.54) is 18.0 Å². The van der Waals surface area contributed by atoms with E-state index in [4.69, 9.17) is 11.1 Å². The number of hydrogen-bond acceptors (Lipinski definition) is 4. The third kappa shape index (κ3) is 3.86. The Kier molecular flexibility index (Phi) is 5.16. The number of anilines is 1. The molecule has 1 atom stereocenters. The van der Waals surface area contributed by atoms with E-state index >= 15 is 0 Å². The summed E-state index contributed by atoms with van der Waals surface area (Å²) in [5.74, 6) is 4.07. The molecule has 0 bridgehead atoms. The first kappa shape index (κ1) is 16.8. The van der Waals surface area contributed by atoms with Crippen molar-refractivity contribution in [3.05, 3.63) is 29.3 Å². The number of benzene rings is 1. The van der Waals surface area contributed by atoms with Crippen molar-refractivity contribution >= 4 is 11.6 Å². The molecule has 0 aliphatic heterocycles. The first-order valence-corrected chi connectivity index (χ1v) is 6.04. The fourth-order valence-electron chi connectivity index (χ4n) is 1.86. The molecule has 0 aliphatic rings. The number of nitrogens with one attached hydrogen (secondary N) is 1. The normalized spacial score (nSPS) is 12.4. The van der Waals surface area contributed by atoms with Crippen LogP contribution in [0, 0.1) is 17.2 Å². The number of nitriles is 1. The van der Waals surface area contributed by atoms with Gasteiger partial charge in [0.25, 0.3) is 5.91 Å². The number of hydrogen-bond donors (Lipinski definition) is 2. The molecule has 3 N–H and O–H groups in total. The Labute approximate surface area is 120 Å². The predicted molar refractivity (Wildman–Crippen MR) is 71.0 cm³/mol. The molecule has 0 aromatic heterocycles. The Hall–Kier alpha value is -2.27. The summed E-state index contributed by atoms with van der Waals surface area (Å²) in [6.45, 7) is 1.72. The molecular formula is C13H15F3N4O. The van der Waals surface area contributed by atoms with Crippen LogP contribution in [0.2, 0.25) is 0 Å². The van der Waals surface area contributed by atoms with Gasteiger partial charge in [-0.05, 0) is 19.1 Å². The summed E-state index contributed by atoms with van der Waals surface area (Å²) in [5, 5.41) is 8.72. The second kappa shape index (κ2) is 6.45. The number of hydrazine groups is 1. The Bertz CT molecular complexity index is 566. The summed E-state index contributed by atoms with van der Waals surface area (Å²) in [6.07, 6.45) is -4.63. The van der Waals surface area contributed by atoms with Crippen LogP contribution < -0.4 is 11.3 Å². The summed E-state index contributed by atoms with van der Waals surface area (Å²) in [5.41, 5.74) is 0.251. The Morgan fingerprint density at radius 1 is 1.52 bits per heavy atom. The molecule has 21 heavy (non-hydrogen) atoms. The minimum Gasteiger partial charge on any atom is -0.340 e. The fourth-order valence-corrected chi connectivity index (χ4v) is 1.86. The van der Waals surface area contributed by atoms with E-state index in [1.54, 1.807) is 6.92 Å². The number of para-hydroxylation sites is 1. The number of carbonyl (C=O) groups excluding carboxylic acids is 1. The van der Waals surface area contributed by atoms with Gasteiger partial charge in [0.05, 0.1) is 28.8 Å². The molecule has 0 radical (unpaired) electrons. The number of alkyl halides is 3. The zero-order valence-corrected chi connectivity index (χ0v) is 11.5. The number of nitrogen functional groups attached to an aromatic ring is 1. The van der Waals surface area contributed by atoms with Gasteiger partial charge < -0.3 is 10.3 Å². The molecular weight excluding hydrogens is 285 g/mol. The predicted octanol–water partition coefficient (Wildman–Crippen LogP) is 2.22. The number of rotatable bonds is 4. The molecule has 0 saturated carbocycles. The van der Waals surface area contributed by atoms with Gasteiger partial charge in [0, 0.05) is 13.6 Å². The maximum atomic E-state index is 12.9. The van der Waals surface area contributed by atoms with Crippen molar-refractivity contribution in [2.24, 2.45) is 11.8 Å². The largest absolute Gasteiger partial charge is 0.418 e. The minimum atomic E-state index is -4.63. The topological polar surface area (TPSA) is 82.2 Å². The second-order valence-corrected chi connectivity index (χ2v) is 4.59. The lowest BCUT2D eigenvalue weighted by Gasteiger charge is -2.21. The summed E-state index contributed by atoms with van der Waals surface area (Å²) in [4.78, 5) is 13.4. The van der Waals surface area contributed by atoms with E-state index in [0.29, 0.717) is 0 Å². The Morgan fingerprint density at radius 2 is 2.14 bits per heavy atom. The molecule has 8 heteroatoms. The van der Waals surface area contributed by atoms with Crippen molar-refractivity contribution in [3.8, 4) is 6.07 Å². The van der Waals surface area contributed by atoms with Crippen molar-refractivity contribution in [3.63, 3.8) is 0 Å². The third-order valence-electron chi connectivity index (χ3n) is 2.86. The SMILES string of the molecule is CC(C#N)CN(C)C(=O)c1cccc(C(F)(F)F)c1NN. The van der Waals surface area contributed by atoms with E-state index in [1.807, 2.05) is 11.5 Å². The van der Waals surface area contributed by atoms with Crippen LogP contribution in [0.15, 0.2) is 18.2 Å². The van der Waals surface area contributed by atoms with Crippen LogP contribution in [-0.4, -0.2) is 24.4 Å². The highest BCUT2D eigenvalue weighted by atomic mass is 19.4. The maximum absolute atomic E-state index is 12.9. The standard InChI is InChI=1S/C13H15F3N4O/c1-8(6-17)7-20(2)12(21)9-4-3-5-10(11(9)19-18)13(14,15)16/h3-5,8,19H,7,18H2,1-2H3. The Morgan fingerprint density at radius 3 is 2.62 bits per heavy atom. The molecule has 0 fully saturated rings. The summed E-state index contributed by atoms with van der Waals surface area (Å²) in [7, 11) is 1.41. The van der Waals surface area contributed by atoms with Gasteiger partial charge in [-0.25, -0.2) is 0 Å². The van der Waals surface area contributed by atoms with E-state index in [-0.39, 0.29) is 12.1 Å². The van der Waals surface area contributed by atoms with Crippen LogP contribution >= 0.6 is 0 Å².